The van der Waals surface area contributed by atoms with E-state index in [9.17, 15) is 4.79 Å². The van der Waals surface area contributed by atoms with Crippen LogP contribution in [0.3, 0.4) is 0 Å². The Balaban J connectivity index is 2.23. The number of aryl methyl sites for hydroxylation is 1. The molecule has 0 saturated carbocycles. The third-order valence-corrected chi connectivity index (χ3v) is 4.08. The van der Waals surface area contributed by atoms with Crippen LogP contribution in [-0.2, 0) is 7.05 Å². The second-order valence-electron chi connectivity index (χ2n) is 4.70. The lowest BCUT2D eigenvalue weighted by Crippen LogP contribution is -2.20. The Hall–Kier alpha value is -1.78. The van der Waals surface area contributed by atoms with Crippen molar-refractivity contribution in [2.75, 3.05) is 0 Å². The average molecular weight is 364 g/mol. The van der Waals surface area contributed by atoms with Crippen molar-refractivity contribution in [3.8, 4) is 16.8 Å². The van der Waals surface area contributed by atoms with E-state index in [2.05, 4.69) is 15.9 Å². The fourth-order valence-electron chi connectivity index (χ4n) is 2.31. The molecule has 0 unspecified atom stereocenters. The summed E-state index contributed by atoms with van der Waals surface area (Å²) in [5.41, 5.74) is 2.09. The molecule has 0 spiro atoms. The van der Waals surface area contributed by atoms with Gasteiger partial charge in [-0.25, -0.2) is 4.68 Å². The maximum absolute atomic E-state index is 12.7. The minimum absolute atomic E-state index is 0.0938. The second-order valence-corrected chi connectivity index (χ2v) is 6.02. The molecule has 5 heteroatoms. The Bertz CT molecular complexity index is 867. The van der Waals surface area contributed by atoms with Gasteiger partial charge in [0.1, 0.15) is 0 Å². The van der Waals surface area contributed by atoms with E-state index in [0.717, 1.165) is 10.0 Å². The Morgan fingerprint density at radius 3 is 2.57 bits per heavy atom. The largest absolute Gasteiger partial charge is 0.288 e. The molecule has 2 aromatic carbocycles. The van der Waals surface area contributed by atoms with Crippen molar-refractivity contribution in [2.24, 2.45) is 7.05 Å². The van der Waals surface area contributed by atoms with Gasteiger partial charge in [0, 0.05) is 17.7 Å². The molecule has 3 aromatic rings. The van der Waals surface area contributed by atoms with Gasteiger partial charge in [-0.15, -0.1) is 0 Å². The Morgan fingerprint density at radius 2 is 1.86 bits per heavy atom. The van der Waals surface area contributed by atoms with Crippen molar-refractivity contribution >= 4 is 27.5 Å². The average Bonchev–Trinajstić information content (AvgIpc) is 2.75. The molecule has 0 fully saturated rings. The molecule has 0 atom stereocenters. The second kappa shape index (κ2) is 5.54. The van der Waals surface area contributed by atoms with Crippen LogP contribution in [0.5, 0.6) is 0 Å². The fourth-order valence-corrected chi connectivity index (χ4v) is 2.93. The van der Waals surface area contributed by atoms with Crippen LogP contribution in [0.2, 0.25) is 5.02 Å². The summed E-state index contributed by atoms with van der Waals surface area (Å²) in [6, 6.07) is 15.0. The van der Waals surface area contributed by atoms with Gasteiger partial charge in [0.2, 0.25) is 0 Å². The van der Waals surface area contributed by atoms with E-state index in [4.69, 9.17) is 11.6 Å². The lowest BCUT2D eigenvalue weighted by atomic mass is 10.1. The monoisotopic (exact) mass is 362 g/mol. The van der Waals surface area contributed by atoms with Crippen LogP contribution in [0.4, 0.5) is 0 Å². The van der Waals surface area contributed by atoms with Crippen molar-refractivity contribution in [1.82, 2.24) is 9.36 Å². The Kier molecular flexibility index (Phi) is 3.74. The standard InChI is InChI=1S/C16H12BrClN2O/c1-19-10-13(11-5-4-6-12(17)9-11)16(21)20(19)15-8-3-2-7-14(15)18/h2-10H,1H3. The number of rotatable bonds is 2. The van der Waals surface area contributed by atoms with E-state index in [1.807, 2.05) is 55.7 Å². The highest BCUT2D eigenvalue weighted by Crippen LogP contribution is 2.23. The lowest BCUT2D eigenvalue weighted by molar-refractivity contribution is 0.646. The summed E-state index contributed by atoms with van der Waals surface area (Å²) < 4.78 is 4.26. The zero-order chi connectivity index (χ0) is 15.0. The van der Waals surface area contributed by atoms with Crippen LogP contribution in [0, 0.1) is 0 Å². The number of nitrogens with zero attached hydrogens (tertiary/aromatic N) is 2. The molecule has 3 nitrogen and oxygen atoms in total. The minimum Gasteiger partial charge on any atom is -0.288 e. The van der Waals surface area contributed by atoms with E-state index >= 15 is 0 Å². The van der Waals surface area contributed by atoms with Gasteiger partial charge in [-0.05, 0) is 29.8 Å². The molecule has 1 aromatic heterocycles. The third-order valence-electron chi connectivity index (χ3n) is 3.27. The quantitative estimate of drug-likeness (QED) is 0.668. The van der Waals surface area contributed by atoms with E-state index in [0.29, 0.717) is 16.3 Å². The van der Waals surface area contributed by atoms with Crippen LogP contribution >= 0.6 is 27.5 Å². The van der Waals surface area contributed by atoms with Crippen molar-refractivity contribution in [3.63, 3.8) is 0 Å². The van der Waals surface area contributed by atoms with Gasteiger partial charge in [-0.3, -0.25) is 9.48 Å². The summed E-state index contributed by atoms with van der Waals surface area (Å²) in [6.07, 6.45) is 1.81. The first-order valence-electron chi connectivity index (χ1n) is 6.37. The zero-order valence-corrected chi connectivity index (χ0v) is 13.6. The van der Waals surface area contributed by atoms with Crippen molar-refractivity contribution in [1.29, 1.82) is 0 Å². The highest BCUT2D eigenvalue weighted by Gasteiger charge is 2.14. The van der Waals surface area contributed by atoms with E-state index in [1.54, 1.807) is 15.4 Å². The predicted octanol–water partition coefficient (Wildman–Crippen LogP) is 4.26. The maximum atomic E-state index is 12.7. The van der Waals surface area contributed by atoms with Gasteiger partial charge in [-0.2, -0.15) is 0 Å². The van der Waals surface area contributed by atoms with Crippen LogP contribution < -0.4 is 5.56 Å². The zero-order valence-electron chi connectivity index (χ0n) is 11.3. The smallest absolute Gasteiger partial charge is 0.279 e. The lowest BCUT2D eigenvalue weighted by Gasteiger charge is -2.08. The number of benzene rings is 2. The summed E-state index contributed by atoms with van der Waals surface area (Å²) in [5, 5.41) is 0.543. The third kappa shape index (κ3) is 2.57. The first-order valence-corrected chi connectivity index (χ1v) is 7.54. The molecule has 0 aliphatic rings. The molecule has 0 saturated heterocycles. The molecule has 0 radical (unpaired) electrons. The Labute approximate surface area is 135 Å². The van der Waals surface area contributed by atoms with Gasteiger partial charge in [0.15, 0.2) is 0 Å². The van der Waals surface area contributed by atoms with Crippen LogP contribution in [-0.4, -0.2) is 9.36 Å². The van der Waals surface area contributed by atoms with Gasteiger partial charge in [0.25, 0.3) is 5.56 Å². The fraction of sp³-hybridized carbons (Fsp3) is 0.0625. The normalized spacial score (nSPS) is 10.8. The van der Waals surface area contributed by atoms with Crippen molar-refractivity contribution < 1.29 is 0 Å². The van der Waals surface area contributed by atoms with Crippen LogP contribution in [0.15, 0.2) is 64.0 Å². The molecule has 0 aliphatic heterocycles. The number of aromatic nitrogens is 2. The van der Waals surface area contributed by atoms with Crippen LogP contribution in [0.1, 0.15) is 0 Å². The summed E-state index contributed by atoms with van der Waals surface area (Å²) in [7, 11) is 1.83. The topological polar surface area (TPSA) is 26.9 Å². The number of hydrogen-bond acceptors (Lipinski definition) is 1. The molecule has 21 heavy (non-hydrogen) atoms. The van der Waals surface area contributed by atoms with Gasteiger partial charge in [-0.1, -0.05) is 51.8 Å². The number of halogens is 2. The highest BCUT2D eigenvalue weighted by molar-refractivity contribution is 9.10. The van der Waals surface area contributed by atoms with E-state index in [-0.39, 0.29) is 5.56 Å². The summed E-state index contributed by atoms with van der Waals surface area (Å²) in [4.78, 5) is 12.7. The molecule has 106 valence electrons. The highest BCUT2D eigenvalue weighted by atomic mass is 79.9. The molecule has 0 bridgehead atoms. The summed E-state index contributed by atoms with van der Waals surface area (Å²) >= 11 is 9.63. The number of para-hydroxylation sites is 1. The first-order chi connectivity index (χ1) is 10.1. The Morgan fingerprint density at radius 1 is 1.10 bits per heavy atom. The van der Waals surface area contributed by atoms with E-state index in [1.165, 1.54) is 0 Å². The molecule has 0 amide bonds. The molecular weight excluding hydrogens is 352 g/mol. The van der Waals surface area contributed by atoms with E-state index < -0.39 is 0 Å². The van der Waals surface area contributed by atoms with Crippen molar-refractivity contribution in [3.05, 3.63) is 74.6 Å². The maximum Gasteiger partial charge on any atom is 0.279 e. The summed E-state index contributed by atoms with van der Waals surface area (Å²) in [6.45, 7) is 0. The first kappa shape index (κ1) is 14.2. The molecular formula is C16H12BrClN2O. The predicted molar refractivity (Wildman–Crippen MR) is 89.2 cm³/mol. The van der Waals surface area contributed by atoms with Gasteiger partial charge in [0.05, 0.1) is 16.3 Å². The van der Waals surface area contributed by atoms with Gasteiger partial charge >= 0.3 is 0 Å². The molecule has 0 aliphatic carbocycles. The van der Waals surface area contributed by atoms with Crippen molar-refractivity contribution in [2.45, 2.75) is 0 Å². The minimum atomic E-state index is -0.0938. The number of hydrogen-bond donors (Lipinski definition) is 0. The molecule has 0 N–H and O–H groups in total. The summed E-state index contributed by atoms with van der Waals surface area (Å²) in [5.74, 6) is 0. The molecule has 1 heterocycles. The SMILES string of the molecule is Cn1cc(-c2cccc(Br)c2)c(=O)n1-c1ccccc1Cl. The van der Waals surface area contributed by atoms with Crippen LogP contribution in [0.25, 0.3) is 16.8 Å². The molecule has 3 rings (SSSR count). The van der Waals surface area contributed by atoms with Gasteiger partial charge < -0.3 is 0 Å².